The summed E-state index contributed by atoms with van der Waals surface area (Å²) in [5.41, 5.74) is 6.98. The van der Waals surface area contributed by atoms with Gasteiger partial charge >= 0.3 is 11.9 Å². The fourth-order valence-electron chi connectivity index (χ4n) is 15.2. The van der Waals surface area contributed by atoms with E-state index in [1.165, 1.54) is 12.0 Å². The van der Waals surface area contributed by atoms with Crippen molar-refractivity contribution in [3.05, 3.63) is 124 Å². The third kappa shape index (κ3) is 23.4. The molecular formula is C83H110N6O19S. The number of aliphatic hydroxyl groups is 3. The second-order valence-electron chi connectivity index (χ2n) is 30.0. The van der Waals surface area contributed by atoms with Gasteiger partial charge in [0, 0.05) is 101 Å². The summed E-state index contributed by atoms with van der Waals surface area (Å²) >= 11 is 0.814. The van der Waals surface area contributed by atoms with E-state index >= 15 is 0 Å². The summed E-state index contributed by atoms with van der Waals surface area (Å²) in [6.45, 7) is 12.9. The van der Waals surface area contributed by atoms with Crippen molar-refractivity contribution in [3.8, 4) is 11.8 Å². The standard InChI is InChI=1S/C83H110N6O19S/c1-50-23-13-11-14-24-51(2)67(104-8)45-61-35-31-56(7)83(103,108-61)78(97)80(99)87-39-22-20-29-64(87)82(102)107-68(53(4)43-57-32-36-65(90)69(44-57)105-9)46-66(91)52(3)42-55(6)76(96)77(106-10)75(54(5)41-50)86-85-72(93)30-15-12-21-40-88-74(95)47-70(79(88)98)109-49-62(81(100)101)84-71(92)37-38-73(94)89-48-60-27-17-16-25-58(60)33-34-59-26-18-19-28-63(59)89/h11,13-14,16-19,23-28,42,47,50,52-54,56-57,61-62,64-65,67-69,76-77,90,96,103H,12,15,20-22,29-32,35-41,43-46,48-49H2,1-10H3,(H,84,92)(H,85,93)(H,100,101)/b14-11?,23-13+,51-24?,55-42+,86-75+/t50-,52-,53-,54-,56-,57+,61+,62?,64+,65-,67+,68+,69-,76-,77+,83-/m1/s1. The van der Waals surface area contributed by atoms with Gasteiger partial charge in [0.25, 0.3) is 23.5 Å². The number of esters is 1. The van der Waals surface area contributed by atoms with Gasteiger partial charge in [-0.15, -0.1) is 11.8 Å². The van der Waals surface area contributed by atoms with Crippen molar-refractivity contribution < 1.29 is 92.1 Å². The Morgan fingerprint density at radius 1 is 0.789 bits per heavy atom. The minimum Gasteiger partial charge on any atom is -0.480 e. The summed E-state index contributed by atoms with van der Waals surface area (Å²) in [4.78, 5) is 142. The number of benzene rings is 2. The average molecular weight is 1530 g/mol. The third-order valence-electron chi connectivity index (χ3n) is 21.9. The number of aliphatic carboxylic acids is 1. The van der Waals surface area contributed by atoms with Crippen molar-refractivity contribution in [2.75, 3.05) is 45.1 Å². The summed E-state index contributed by atoms with van der Waals surface area (Å²) in [6, 6.07) is 12.0. The lowest BCUT2D eigenvalue weighted by Gasteiger charge is -2.42. The highest BCUT2D eigenvalue weighted by molar-refractivity contribution is 8.04. The van der Waals surface area contributed by atoms with E-state index in [0.29, 0.717) is 99.6 Å². The molecule has 592 valence electrons. The molecule has 1 aliphatic carbocycles. The first-order valence-corrected chi connectivity index (χ1v) is 39.3. The lowest BCUT2D eigenvalue weighted by molar-refractivity contribution is -0.265. The summed E-state index contributed by atoms with van der Waals surface area (Å²) < 4.78 is 30.2. The van der Waals surface area contributed by atoms with Gasteiger partial charge in [0.1, 0.15) is 36.2 Å². The van der Waals surface area contributed by atoms with Crippen LogP contribution < -0.4 is 15.6 Å². The van der Waals surface area contributed by atoms with Crippen molar-refractivity contribution in [1.29, 1.82) is 0 Å². The van der Waals surface area contributed by atoms with Crippen molar-refractivity contribution >= 4 is 82.1 Å². The number of amides is 6. The van der Waals surface area contributed by atoms with Crippen LogP contribution in [0, 0.1) is 47.3 Å². The second kappa shape index (κ2) is 41.1. The minimum atomic E-state index is -2.49. The summed E-state index contributed by atoms with van der Waals surface area (Å²) in [6.07, 6.45) is 11.6. The van der Waals surface area contributed by atoms with Crippen molar-refractivity contribution in [1.82, 2.24) is 20.5 Å². The number of carboxylic acid groups (broad SMARTS) is 1. The highest BCUT2D eigenvalue weighted by Gasteiger charge is 2.53. The fourth-order valence-corrected chi connectivity index (χ4v) is 16.2. The van der Waals surface area contributed by atoms with Crippen molar-refractivity contribution in [3.63, 3.8) is 0 Å². The van der Waals surface area contributed by atoms with Crippen molar-refractivity contribution in [2.45, 2.75) is 231 Å². The second-order valence-corrected chi connectivity index (χ2v) is 31.1. The molecule has 6 amide bonds. The smallest absolute Gasteiger partial charge is 0.329 e. The quantitative estimate of drug-likeness (QED) is 0.0129. The molecule has 0 radical (unpaired) electrons. The number of carboxylic acids is 1. The molecule has 0 aromatic heterocycles. The van der Waals surface area contributed by atoms with Crippen LogP contribution in [0.15, 0.2) is 112 Å². The number of thioether (sulfide) groups is 1. The van der Waals surface area contributed by atoms with E-state index in [4.69, 9.17) is 23.7 Å². The molecule has 2 aromatic rings. The van der Waals surface area contributed by atoms with Crippen LogP contribution in [0.2, 0.25) is 0 Å². The zero-order valence-corrected chi connectivity index (χ0v) is 65.3. The highest BCUT2D eigenvalue weighted by Crippen LogP contribution is 2.39. The number of hydrogen-bond donors (Lipinski definition) is 6. The number of cyclic esters (lactones) is 1. The maximum atomic E-state index is 14.7. The molecule has 25 nitrogen and oxygen atoms in total. The number of fused-ring (bicyclic) bond motifs is 5. The molecule has 1 unspecified atom stereocenters. The van der Waals surface area contributed by atoms with Crippen molar-refractivity contribution in [2.24, 2.45) is 40.6 Å². The van der Waals surface area contributed by atoms with Crippen LogP contribution in [-0.4, -0.2) is 196 Å². The van der Waals surface area contributed by atoms with Crippen LogP contribution in [-0.2, 0) is 78.2 Å². The molecule has 5 heterocycles. The van der Waals surface area contributed by atoms with Gasteiger partial charge in [-0.2, -0.15) is 5.10 Å². The summed E-state index contributed by atoms with van der Waals surface area (Å²) in [5, 5.41) is 52.3. The van der Waals surface area contributed by atoms with Crippen LogP contribution in [0.5, 0.6) is 0 Å². The first-order chi connectivity index (χ1) is 52.0. The molecule has 2 bridgehead atoms. The topological polar surface area (TPSA) is 344 Å². The number of anilines is 1. The number of imide groups is 1. The first kappa shape index (κ1) is 86.3. The SMILES string of the molecule is CO[C@H]1C[C@@H]2CC[C@@H](C)[C@@](O)(O2)C(=O)C(=O)N2CCCC[C@H]2C(=O)O[C@H]([C@H](C)C[C@@H]2CC[C@@H](O)[C@H](OC)C2)CC(=O)[C@H](C)/C=C(\C)[C@@H](O)[C@@H](OC)/C(=N/NC(=O)CCCCCN2C(=O)C=C(SCC(NC(=O)CCC(=O)N3Cc4ccccc4C#Cc4ccccc43)C(=O)O)C2=O)[C@H](C)C[C@H](C)/C=C/C=CC=C1C. The molecule has 1 saturated carbocycles. The van der Waals surface area contributed by atoms with Gasteiger partial charge in [-0.25, -0.2) is 15.0 Å². The van der Waals surface area contributed by atoms with Crippen LogP contribution in [0.25, 0.3) is 0 Å². The molecule has 2 aromatic carbocycles. The van der Waals surface area contributed by atoms with Crippen LogP contribution in [0.3, 0.4) is 0 Å². The Balaban J connectivity index is 0.917. The van der Waals surface area contributed by atoms with E-state index in [9.17, 15) is 68.4 Å². The molecule has 6 aliphatic rings. The Hall–Kier alpha value is -8.26. The van der Waals surface area contributed by atoms with E-state index in [0.717, 1.165) is 39.4 Å². The van der Waals surface area contributed by atoms with Gasteiger partial charge in [-0.1, -0.05) is 120 Å². The number of unbranched alkanes of at least 4 members (excludes halogenated alkanes) is 2. The Morgan fingerprint density at radius 3 is 2.26 bits per heavy atom. The monoisotopic (exact) mass is 1530 g/mol. The van der Waals surface area contributed by atoms with Gasteiger partial charge in [0.05, 0.1) is 47.3 Å². The van der Waals surface area contributed by atoms with Crippen LogP contribution in [0.1, 0.15) is 181 Å². The van der Waals surface area contributed by atoms with Gasteiger partial charge in [-0.3, -0.25) is 43.3 Å². The number of hydrogen-bond acceptors (Lipinski definition) is 20. The number of piperidine rings is 1. The molecule has 6 N–H and O–H groups in total. The minimum absolute atomic E-state index is 0.00260. The predicted octanol–water partition coefficient (Wildman–Crippen LogP) is 8.93. The normalized spacial score (nSPS) is 29.6. The first-order valence-electron chi connectivity index (χ1n) is 38.3. The largest absolute Gasteiger partial charge is 0.480 e. The Labute approximate surface area is 644 Å². The molecule has 8 rings (SSSR count). The zero-order chi connectivity index (χ0) is 79.2. The van der Waals surface area contributed by atoms with E-state index < -0.39 is 132 Å². The summed E-state index contributed by atoms with van der Waals surface area (Å²) in [5.74, 6) is -6.48. The molecule has 3 fully saturated rings. The molecule has 0 spiro atoms. The fraction of sp³-hybridized carbons (Fsp3) is 0.578. The van der Waals surface area contributed by atoms with Gasteiger partial charge < -0.3 is 59.2 Å². The molecule has 2 saturated heterocycles. The zero-order valence-electron chi connectivity index (χ0n) is 64.5. The number of nitrogens with zero attached hydrogens (tertiary/aromatic N) is 4. The molecule has 26 heteroatoms. The number of para-hydroxylation sites is 1. The molecule has 5 aliphatic heterocycles. The number of ketones is 2. The molecular weight excluding hydrogens is 1420 g/mol. The third-order valence-corrected chi connectivity index (χ3v) is 23.0. The highest BCUT2D eigenvalue weighted by atomic mass is 32.2. The van der Waals surface area contributed by atoms with E-state index in [1.54, 1.807) is 58.1 Å². The lowest BCUT2D eigenvalue weighted by atomic mass is 9.78. The number of carbonyl (C=O) groups excluding carboxylic acids is 9. The predicted molar refractivity (Wildman–Crippen MR) is 410 cm³/mol. The number of methoxy groups -OCH3 is 3. The van der Waals surface area contributed by atoms with Gasteiger partial charge in [-0.05, 0) is 149 Å². The average Bonchev–Trinajstić information content (AvgIpc) is 1.09. The van der Waals surface area contributed by atoms with Gasteiger partial charge in [0.15, 0.2) is 0 Å². The number of nitrogens with one attached hydrogen (secondary N) is 2. The maximum Gasteiger partial charge on any atom is 0.329 e. The van der Waals surface area contributed by atoms with E-state index in [2.05, 4.69) is 27.7 Å². The lowest BCUT2D eigenvalue weighted by Crippen LogP contribution is -2.61. The molecule has 109 heavy (non-hydrogen) atoms. The van der Waals surface area contributed by atoms with E-state index in [1.807, 2.05) is 94.5 Å². The Bertz CT molecular complexity index is 3870. The maximum absolute atomic E-state index is 14.7. The van der Waals surface area contributed by atoms with Gasteiger partial charge in [0.2, 0.25) is 23.5 Å². The Kier molecular flexibility index (Phi) is 32.6. The molecule has 16 atom stereocenters. The number of hydrazone groups is 1. The number of allylic oxidation sites excluding steroid dienone is 6. The number of aliphatic hydroxyl groups excluding tert-OH is 2. The number of ether oxygens (including phenoxy) is 5. The number of carbonyl (C=O) groups is 10. The number of rotatable bonds is 21. The number of Topliss-reactive ketones (excluding diaryl/α,β-unsaturated/α-hetero) is 2. The summed E-state index contributed by atoms with van der Waals surface area (Å²) in [7, 11) is 4.51. The van der Waals surface area contributed by atoms with Crippen LogP contribution >= 0.6 is 11.8 Å². The van der Waals surface area contributed by atoms with Crippen LogP contribution in [0.4, 0.5) is 5.69 Å². The Morgan fingerprint density at radius 2 is 1.52 bits per heavy atom. The van der Waals surface area contributed by atoms with E-state index in [-0.39, 0.29) is 92.3 Å².